The number of nitrogens with one attached hydrogen (secondary N) is 1. The number of fused-ring (bicyclic) bond motifs is 1. The lowest BCUT2D eigenvalue weighted by atomic mass is 9.95. The fourth-order valence-corrected chi connectivity index (χ4v) is 5.17. The van der Waals surface area contributed by atoms with E-state index in [1.165, 1.54) is 16.9 Å². The minimum Gasteiger partial charge on any atom is -0.486 e. The summed E-state index contributed by atoms with van der Waals surface area (Å²) >= 11 is 1.47. The van der Waals surface area contributed by atoms with Gasteiger partial charge in [-0.05, 0) is 93.8 Å². The molecule has 0 spiro atoms. The number of thiophene rings is 1. The van der Waals surface area contributed by atoms with E-state index in [2.05, 4.69) is 12.2 Å². The molecule has 0 bridgehead atoms. The first-order valence-corrected chi connectivity index (χ1v) is 12.6. The van der Waals surface area contributed by atoms with E-state index >= 15 is 0 Å². The average Bonchev–Trinajstić information content (AvgIpc) is 3.44. The number of hydrogen-bond donors (Lipinski definition) is 1. The third-order valence-electron chi connectivity index (χ3n) is 6.23. The highest BCUT2D eigenvalue weighted by Gasteiger charge is 2.28. The molecular formula is C27H31NO5S. The molecule has 1 aromatic carbocycles. The van der Waals surface area contributed by atoms with Gasteiger partial charge in [-0.2, -0.15) is 0 Å². The molecule has 1 unspecified atom stereocenters. The number of benzene rings is 1. The summed E-state index contributed by atoms with van der Waals surface area (Å²) in [6.07, 6.45) is 4.42. The monoisotopic (exact) mass is 481 g/mol. The van der Waals surface area contributed by atoms with Crippen molar-refractivity contribution in [2.45, 2.75) is 72.5 Å². The molecule has 0 saturated heterocycles. The minimum atomic E-state index is -0.395. The molecule has 0 radical (unpaired) electrons. The number of rotatable bonds is 8. The van der Waals surface area contributed by atoms with Crippen LogP contribution >= 0.6 is 11.3 Å². The van der Waals surface area contributed by atoms with E-state index in [-0.39, 0.29) is 24.4 Å². The Bertz CT molecular complexity index is 1190. The second-order valence-corrected chi connectivity index (χ2v) is 9.90. The second-order valence-electron chi connectivity index (χ2n) is 8.79. The second kappa shape index (κ2) is 10.5. The summed E-state index contributed by atoms with van der Waals surface area (Å²) in [6, 6.07) is 9.25. The quantitative estimate of drug-likeness (QED) is 0.366. The van der Waals surface area contributed by atoms with E-state index in [4.69, 9.17) is 13.9 Å². The van der Waals surface area contributed by atoms with Crippen molar-refractivity contribution in [2.24, 2.45) is 0 Å². The molecule has 6 nitrogen and oxygen atoms in total. The molecule has 3 aromatic rings. The summed E-state index contributed by atoms with van der Waals surface area (Å²) in [7, 11) is 0. The maximum atomic E-state index is 13.0. The van der Waals surface area contributed by atoms with Gasteiger partial charge in [0.25, 0.3) is 5.91 Å². The number of aryl methyl sites for hydroxylation is 3. The lowest BCUT2D eigenvalue weighted by Crippen LogP contribution is -2.18. The van der Waals surface area contributed by atoms with Crippen molar-refractivity contribution in [1.29, 1.82) is 0 Å². The molecule has 0 saturated carbocycles. The van der Waals surface area contributed by atoms with Gasteiger partial charge < -0.3 is 19.2 Å². The van der Waals surface area contributed by atoms with Crippen LogP contribution in [-0.2, 0) is 24.2 Å². The van der Waals surface area contributed by atoms with E-state index in [1.54, 1.807) is 12.1 Å². The average molecular weight is 482 g/mol. The van der Waals surface area contributed by atoms with Crippen LogP contribution in [0.15, 0.2) is 34.7 Å². The van der Waals surface area contributed by atoms with E-state index in [1.807, 2.05) is 39.0 Å². The molecule has 2 aromatic heterocycles. The third-order valence-corrected chi connectivity index (χ3v) is 7.44. The van der Waals surface area contributed by atoms with Crippen LogP contribution in [0.5, 0.6) is 5.75 Å². The van der Waals surface area contributed by atoms with Crippen LogP contribution < -0.4 is 10.1 Å². The summed E-state index contributed by atoms with van der Waals surface area (Å²) in [5.74, 6) is 0.704. The van der Waals surface area contributed by atoms with Crippen molar-refractivity contribution >= 4 is 28.2 Å². The van der Waals surface area contributed by atoms with Crippen LogP contribution in [0.1, 0.15) is 81.4 Å². The standard InChI is InChI=1S/C27H31NO5S/c1-5-18(4)32-27(30)24-21-8-6-7-9-23(21)34-26(24)28-25(29)22-13-12-20(33-22)15-31-19-11-10-16(2)17(3)14-19/h10-14,18H,5-9,15H2,1-4H3,(H,28,29). The summed E-state index contributed by atoms with van der Waals surface area (Å²) < 4.78 is 17.1. The van der Waals surface area contributed by atoms with Gasteiger partial charge in [-0.25, -0.2) is 4.79 Å². The molecule has 1 aliphatic carbocycles. The number of furan rings is 1. The highest BCUT2D eigenvalue weighted by molar-refractivity contribution is 7.17. The van der Waals surface area contributed by atoms with E-state index in [9.17, 15) is 9.59 Å². The molecule has 1 amide bonds. The molecule has 2 heterocycles. The Hall–Kier alpha value is -3.06. The van der Waals surface area contributed by atoms with Crippen molar-refractivity contribution in [3.8, 4) is 5.75 Å². The largest absolute Gasteiger partial charge is 0.486 e. The summed E-state index contributed by atoms with van der Waals surface area (Å²) in [5, 5.41) is 3.44. The number of amides is 1. The number of anilines is 1. The van der Waals surface area contributed by atoms with Crippen molar-refractivity contribution in [1.82, 2.24) is 0 Å². The van der Waals surface area contributed by atoms with Crippen molar-refractivity contribution in [3.63, 3.8) is 0 Å². The van der Waals surface area contributed by atoms with Crippen LogP contribution in [0.4, 0.5) is 5.00 Å². The number of hydrogen-bond acceptors (Lipinski definition) is 6. The van der Waals surface area contributed by atoms with Gasteiger partial charge in [-0.15, -0.1) is 11.3 Å². The van der Waals surface area contributed by atoms with E-state index in [0.717, 1.165) is 53.9 Å². The van der Waals surface area contributed by atoms with E-state index < -0.39 is 5.91 Å². The van der Waals surface area contributed by atoms with Gasteiger partial charge in [-0.1, -0.05) is 13.0 Å². The smallest absolute Gasteiger partial charge is 0.341 e. The van der Waals surface area contributed by atoms with Crippen LogP contribution in [0.25, 0.3) is 0 Å². The van der Waals surface area contributed by atoms with Crippen LogP contribution in [0.2, 0.25) is 0 Å². The Kier molecular flexibility index (Phi) is 7.41. The maximum absolute atomic E-state index is 13.0. The zero-order chi connectivity index (χ0) is 24.2. The molecule has 1 N–H and O–H groups in total. The lowest BCUT2D eigenvalue weighted by molar-refractivity contribution is 0.0335. The van der Waals surface area contributed by atoms with Crippen LogP contribution in [-0.4, -0.2) is 18.0 Å². The Morgan fingerprint density at radius 1 is 1.12 bits per heavy atom. The molecule has 1 aliphatic rings. The number of ether oxygens (including phenoxy) is 2. The minimum absolute atomic E-state index is 0.173. The summed E-state index contributed by atoms with van der Waals surface area (Å²) in [4.78, 5) is 27.1. The molecule has 0 fully saturated rings. The van der Waals surface area contributed by atoms with E-state index in [0.29, 0.717) is 16.3 Å². The van der Waals surface area contributed by atoms with Gasteiger partial charge in [0.2, 0.25) is 0 Å². The van der Waals surface area contributed by atoms with Crippen molar-refractivity contribution < 1.29 is 23.5 Å². The summed E-state index contributed by atoms with van der Waals surface area (Å²) in [5.41, 5.74) is 3.87. The third kappa shape index (κ3) is 5.36. The predicted molar refractivity (Wildman–Crippen MR) is 133 cm³/mol. The Balaban J connectivity index is 1.47. The van der Waals surface area contributed by atoms with Gasteiger partial charge >= 0.3 is 5.97 Å². The first-order chi connectivity index (χ1) is 16.4. The number of esters is 1. The topological polar surface area (TPSA) is 77.8 Å². The predicted octanol–water partition coefficient (Wildman–Crippen LogP) is 6.62. The molecule has 0 aliphatic heterocycles. The van der Waals surface area contributed by atoms with Gasteiger partial charge in [0, 0.05) is 4.88 Å². The van der Waals surface area contributed by atoms with Crippen LogP contribution in [0.3, 0.4) is 0 Å². The zero-order valence-electron chi connectivity index (χ0n) is 20.2. The molecule has 34 heavy (non-hydrogen) atoms. The normalized spacial score (nSPS) is 13.8. The Labute approximate surface area is 204 Å². The Morgan fingerprint density at radius 2 is 1.91 bits per heavy atom. The zero-order valence-corrected chi connectivity index (χ0v) is 21.0. The van der Waals surface area contributed by atoms with Crippen LogP contribution in [0, 0.1) is 13.8 Å². The van der Waals surface area contributed by atoms with Gasteiger partial charge in [0.1, 0.15) is 23.1 Å². The fourth-order valence-electron chi connectivity index (χ4n) is 3.90. The molecule has 4 rings (SSSR count). The summed E-state index contributed by atoms with van der Waals surface area (Å²) in [6.45, 7) is 8.15. The fraction of sp³-hybridized carbons (Fsp3) is 0.407. The first-order valence-electron chi connectivity index (χ1n) is 11.8. The Morgan fingerprint density at radius 3 is 2.68 bits per heavy atom. The molecule has 180 valence electrons. The van der Waals surface area contributed by atoms with Crippen molar-refractivity contribution in [2.75, 3.05) is 5.32 Å². The first kappa shape index (κ1) is 24.1. The maximum Gasteiger partial charge on any atom is 0.341 e. The van der Waals surface area contributed by atoms with Gasteiger partial charge in [0.05, 0.1) is 11.7 Å². The molecule has 1 atom stereocenters. The SMILES string of the molecule is CCC(C)OC(=O)c1c(NC(=O)c2ccc(COc3ccc(C)c(C)c3)o2)sc2c1CCCC2. The molecular weight excluding hydrogens is 450 g/mol. The lowest BCUT2D eigenvalue weighted by Gasteiger charge is -2.15. The molecule has 7 heteroatoms. The van der Waals surface area contributed by atoms with Gasteiger partial charge in [-0.3, -0.25) is 4.79 Å². The van der Waals surface area contributed by atoms with Crippen molar-refractivity contribution in [3.05, 3.63) is 69.0 Å². The number of carbonyl (C=O) groups is 2. The highest BCUT2D eigenvalue weighted by atomic mass is 32.1. The number of carbonyl (C=O) groups excluding carboxylic acids is 2. The highest BCUT2D eigenvalue weighted by Crippen LogP contribution is 2.39. The van der Waals surface area contributed by atoms with Gasteiger partial charge in [0.15, 0.2) is 5.76 Å².